The van der Waals surface area contributed by atoms with Gasteiger partial charge in [-0.2, -0.15) is 0 Å². The molecule has 1 atom stereocenters. The third-order valence-electron chi connectivity index (χ3n) is 9.97. The molecule has 0 aliphatic carbocycles. The average molecular weight is 857 g/mol. The van der Waals surface area contributed by atoms with Gasteiger partial charge in [0.15, 0.2) is 6.10 Å². The van der Waals surface area contributed by atoms with Gasteiger partial charge in [0.1, 0.15) is 6.61 Å². The summed E-state index contributed by atoms with van der Waals surface area (Å²) < 4.78 is 17.3. The van der Waals surface area contributed by atoms with Gasteiger partial charge in [0.05, 0.1) is 6.61 Å². The van der Waals surface area contributed by atoms with E-state index < -0.39 is 6.10 Å². The Kier molecular flexibility index (Phi) is 48.6. The van der Waals surface area contributed by atoms with Crippen LogP contribution in [0.1, 0.15) is 201 Å². The highest BCUT2D eigenvalue weighted by atomic mass is 16.6. The van der Waals surface area contributed by atoms with Crippen molar-refractivity contribution in [3.63, 3.8) is 0 Å². The first-order valence-electron chi connectivity index (χ1n) is 25.1. The Morgan fingerprint density at radius 3 is 1.11 bits per heavy atom. The van der Waals surface area contributed by atoms with Gasteiger partial charge < -0.3 is 14.2 Å². The van der Waals surface area contributed by atoms with E-state index in [9.17, 15) is 9.59 Å². The Morgan fingerprint density at radius 2 is 0.677 bits per heavy atom. The fraction of sp³-hybridized carbons (Fsp3) is 0.614. The van der Waals surface area contributed by atoms with E-state index in [2.05, 4.69) is 142 Å². The summed E-state index contributed by atoms with van der Waals surface area (Å²) in [6, 6.07) is 0. The second-order valence-electron chi connectivity index (χ2n) is 15.9. The lowest BCUT2D eigenvalue weighted by Crippen LogP contribution is -2.30. The molecule has 0 aliphatic heterocycles. The van der Waals surface area contributed by atoms with Crippen LogP contribution in [0, 0.1) is 0 Å². The third kappa shape index (κ3) is 49.0. The fourth-order valence-electron chi connectivity index (χ4n) is 6.35. The summed E-state index contributed by atoms with van der Waals surface area (Å²) >= 11 is 0. The van der Waals surface area contributed by atoms with E-state index in [1.54, 1.807) is 0 Å². The van der Waals surface area contributed by atoms with Crippen LogP contribution in [-0.4, -0.2) is 37.9 Å². The van der Waals surface area contributed by atoms with Crippen molar-refractivity contribution in [2.24, 2.45) is 0 Å². The highest BCUT2D eigenvalue weighted by Crippen LogP contribution is 2.12. The van der Waals surface area contributed by atoms with Crippen molar-refractivity contribution in [3.05, 3.63) is 122 Å². The van der Waals surface area contributed by atoms with Crippen molar-refractivity contribution < 1.29 is 23.8 Å². The maximum atomic E-state index is 12.8. The normalized spacial score (nSPS) is 13.3. The zero-order valence-electron chi connectivity index (χ0n) is 40.1. The summed E-state index contributed by atoms with van der Waals surface area (Å²) in [5.74, 6) is -0.493. The van der Waals surface area contributed by atoms with Gasteiger partial charge in [-0.25, -0.2) is 0 Å². The number of rotatable bonds is 44. The predicted octanol–water partition coefficient (Wildman–Crippen LogP) is 17.0. The molecule has 0 aromatic carbocycles. The number of carbonyl (C=O) groups excluding carboxylic acids is 2. The van der Waals surface area contributed by atoms with E-state index >= 15 is 0 Å². The van der Waals surface area contributed by atoms with Crippen molar-refractivity contribution in [3.8, 4) is 0 Å². The molecule has 0 N–H and O–H groups in total. The molecular weight excluding hydrogens is 765 g/mol. The minimum absolute atomic E-state index is 0.0410. The Balaban J connectivity index is 4.40. The first-order chi connectivity index (χ1) is 30.6. The molecule has 1 unspecified atom stereocenters. The third-order valence-corrected chi connectivity index (χ3v) is 9.97. The van der Waals surface area contributed by atoms with E-state index in [0.29, 0.717) is 19.4 Å². The predicted molar refractivity (Wildman–Crippen MR) is 269 cm³/mol. The molecule has 0 radical (unpaired) electrons. The quantitative estimate of drug-likeness (QED) is 0.0347. The van der Waals surface area contributed by atoms with Crippen molar-refractivity contribution in [1.82, 2.24) is 0 Å². The van der Waals surface area contributed by atoms with Crippen LogP contribution >= 0.6 is 0 Å². The highest BCUT2D eigenvalue weighted by molar-refractivity contribution is 5.70. The molecule has 0 spiro atoms. The monoisotopic (exact) mass is 857 g/mol. The van der Waals surface area contributed by atoms with Gasteiger partial charge in [0, 0.05) is 19.4 Å². The number of unbranched alkanes of at least 4 members (excludes halogenated alkanes) is 13. The van der Waals surface area contributed by atoms with Crippen LogP contribution in [0.5, 0.6) is 0 Å². The van der Waals surface area contributed by atoms with Crippen LogP contribution in [0.15, 0.2) is 122 Å². The van der Waals surface area contributed by atoms with Gasteiger partial charge in [0.25, 0.3) is 0 Å². The summed E-state index contributed by atoms with van der Waals surface area (Å²) in [5, 5.41) is 0. The number of ether oxygens (including phenoxy) is 3. The molecule has 0 saturated carbocycles. The first kappa shape index (κ1) is 58.3. The van der Waals surface area contributed by atoms with Gasteiger partial charge in [-0.1, -0.05) is 187 Å². The average Bonchev–Trinajstić information content (AvgIpc) is 3.27. The van der Waals surface area contributed by atoms with Crippen LogP contribution in [-0.2, 0) is 23.8 Å². The summed E-state index contributed by atoms with van der Waals surface area (Å²) in [6.45, 7) is 7.38. The topological polar surface area (TPSA) is 61.8 Å². The number of hydrogen-bond acceptors (Lipinski definition) is 5. The number of hydrogen-bond donors (Lipinski definition) is 0. The minimum Gasteiger partial charge on any atom is -0.462 e. The van der Waals surface area contributed by atoms with E-state index in [4.69, 9.17) is 14.2 Å². The molecule has 5 heteroatoms. The molecule has 0 saturated heterocycles. The fourth-order valence-corrected chi connectivity index (χ4v) is 6.35. The second-order valence-corrected chi connectivity index (χ2v) is 15.9. The smallest absolute Gasteiger partial charge is 0.306 e. The van der Waals surface area contributed by atoms with Crippen LogP contribution in [0.25, 0.3) is 0 Å². The molecule has 0 amide bonds. The lowest BCUT2D eigenvalue weighted by atomic mass is 10.1. The van der Waals surface area contributed by atoms with Crippen molar-refractivity contribution in [1.29, 1.82) is 0 Å². The van der Waals surface area contributed by atoms with Crippen molar-refractivity contribution >= 4 is 11.9 Å². The maximum absolute atomic E-state index is 12.8. The molecule has 350 valence electrons. The molecule has 0 aliphatic rings. The van der Waals surface area contributed by atoms with E-state index in [-0.39, 0.29) is 25.2 Å². The van der Waals surface area contributed by atoms with Gasteiger partial charge in [-0.05, 0) is 122 Å². The Bertz CT molecular complexity index is 1290. The number of allylic oxidation sites excluding steroid dienone is 20. The molecule has 0 heterocycles. The van der Waals surface area contributed by atoms with Gasteiger partial charge in [0.2, 0.25) is 0 Å². The lowest BCUT2D eigenvalue weighted by molar-refractivity contribution is -0.163. The Hall–Kier alpha value is -3.70. The molecule has 0 fully saturated rings. The summed E-state index contributed by atoms with van der Waals surface area (Å²) in [4.78, 5) is 25.3. The summed E-state index contributed by atoms with van der Waals surface area (Å²) in [5.41, 5.74) is 0. The molecule has 62 heavy (non-hydrogen) atoms. The van der Waals surface area contributed by atoms with E-state index in [1.807, 2.05) is 0 Å². The van der Waals surface area contributed by atoms with Gasteiger partial charge in [-0.15, -0.1) is 0 Å². The SMILES string of the molecule is CC/C=C\C/C=C\C/C=C\C/C=C\CCCCC(=O)OCC(COCCCCCCCCCC/C=C\C/C=C\C/C=C\CC)OC(=O)CCCCC/C=C\C/C=C\C/C=C\CC. The van der Waals surface area contributed by atoms with Crippen LogP contribution in [0.2, 0.25) is 0 Å². The molecular formula is C57H92O5. The number of carbonyl (C=O) groups is 2. The standard InChI is InChI=1S/C57H92O5/c1-4-7-10-13-16-19-22-25-27-28-29-31-34-37-40-43-46-49-52-60-53-55(62-57(59)51-48-45-42-39-36-32-24-21-18-15-12-9-6-3)54-61-56(58)50-47-44-41-38-35-33-30-26-23-20-17-14-11-8-5-2/h7-12,16-21,25-27,30,32,35-36,38,55H,4-6,13-15,22-24,28-29,31,33-34,37,39-54H2,1-3H3/b10-7-,11-8-,12-9-,19-16-,20-17-,21-18-,27-25-,30-26-,36-32-,38-35-. The zero-order valence-corrected chi connectivity index (χ0v) is 40.1. The zero-order chi connectivity index (χ0) is 44.9. The first-order valence-corrected chi connectivity index (χ1v) is 25.1. The maximum Gasteiger partial charge on any atom is 0.306 e. The molecule has 0 aromatic heterocycles. The van der Waals surface area contributed by atoms with Crippen LogP contribution < -0.4 is 0 Å². The summed E-state index contributed by atoms with van der Waals surface area (Å²) in [7, 11) is 0. The largest absolute Gasteiger partial charge is 0.462 e. The van der Waals surface area contributed by atoms with Crippen molar-refractivity contribution in [2.75, 3.05) is 19.8 Å². The molecule has 0 rings (SSSR count). The van der Waals surface area contributed by atoms with E-state index in [1.165, 1.54) is 44.9 Å². The molecule has 0 aromatic rings. The minimum atomic E-state index is -0.580. The Labute approximate surface area is 382 Å². The van der Waals surface area contributed by atoms with Crippen LogP contribution in [0.3, 0.4) is 0 Å². The Morgan fingerprint density at radius 1 is 0.355 bits per heavy atom. The second kappa shape index (κ2) is 51.6. The van der Waals surface area contributed by atoms with Crippen LogP contribution in [0.4, 0.5) is 0 Å². The van der Waals surface area contributed by atoms with Crippen molar-refractivity contribution in [2.45, 2.75) is 207 Å². The van der Waals surface area contributed by atoms with Gasteiger partial charge in [-0.3, -0.25) is 9.59 Å². The van der Waals surface area contributed by atoms with E-state index in [0.717, 1.165) is 122 Å². The summed E-state index contributed by atoms with van der Waals surface area (Å²) in [6.07, 6.45) is 72.1. The van der Waals surface area contributed by atoms with Gasteiger partial charge >= 0.3 is 11.9 Å². The highest BCUT2D eigenvalue weighted by Gasteiger charge is 2.17. The molecule has 0 bridgehead atoms. The number of esters is 2. The lowest BCUT2D eigenvalue weighted by Gasteiger charge is -2.18. The molecule has 5 nitrogen and oxygen atoms in total.